The topological polar surface area (TPSA) is 72.2 Å². The van der Waals surface area contributed by atoms with Crippen molar-refractivity contribution in [2.45, 2.75) is 6.92 Å². The first-order valence-electron chi connectivity index (χ1n) is 3.70. The zero-order chi connectivity index (χ0) is 8.48. The van der Waals surface area contributed by atoms with Crippen LogP contribution in [0.2, 0.25) is 0 Å². The van der Waals surface area contributed by atoms with E-state index in [2.05, 4.69) is 5.32 Å². The minimum absolute atomic E-state index is 0. The monoisotopic (exact) mass is 214 g/mol. The summed E-state index contributed by atoms with van der Waals surface area (Å²) < 4.78 is 21.4. The van der Waals surface area contributed by atoms with Crippen molar-refractivity contribution >= 4 is 22.4 Å². The lowest BCUT2D eigenvalue weighted by Crippen LogP contribution is -2.26. The highest BCUT2D eigenvalue weighted by molar-refractivity contribution is 7.89. The Hall–Kier alpha value is 0.160. The number of nitrogens with two attached hydrogens (primary N) is 1. The van der Waals surface area contributed by atoms with Crippen molar-refractivity contribution in [1.82, 2.24) is 5.32 Å². The summed E-state index contributed by atoms with van der Waals surface area (Å²) in [7, 11) is -3.28. The van der Waals surface area contributed by atoms with Gasteiger partial charge in [-0.2, -0.15) is 0 Å². The summed E-state index contributed by atoms with van der Waals surface area (Å²) in [4.78, 5) is 0. The lowest BCUT2D eigenvalue weighted by molar-refractivity contribution is 0.486. The second-order valence-electron chi connectivity index (χ2n) is 3.23. The Morgan fingerprint density at radius 3 is 2.42 bits per heavy atom. The van der Waals surface area contributed by atoms with Gasteiger partial charge in [0, 0.05) is 0 Å². The first kappa shape index (κ1) is 12.2. The van der Waals surface area contributed by atoms with Gasteiger partial charge in [-0.25, -0.2) is 13.6 Å². The summed E-state index contributed by atoms with van der Waals surface area (Å²) in [6, 6.07) is 0. The van der Waals surface area contributed by atoms with E-state index in [1.54, 1.807) is 0 Å². The molecule has 0 spiro atoms. The maximum Gasteiger partial charge on any atom is 0.209 e. The molecule has 0 aromatic heterocycles. The van der Waals surface area contributed by atoms with Crippen LogP contribution in [0.25, 0.3) is 0 Å². The van der Waals surface area contributed by atoms with Gasteiger partial charge in [0.15, 0.2) is 0 Å². The van der Waals surface area contributed by atoms with Crippen molar-refractivity contribution in [1.29, 1.82) is 0 Å². The number of halogens is 1. The van der Waals surface area contributed by atoms with Crippen molar-refractivity contribution in [2.75, 3.05) is 18.8 Å². The molecule has 12 heavy (non-hydrogen) atoms. The second-order valence-corrected chi connectivity index (χ2v) is 4.88. The molecule has 0 bridgehead atoms. The molecule has 3 N–H and O–H groups in total. The molecule has 0 amide bonds. The molecule has 1 aliphatic heterocycles. The van der Waals surface area contributed by atoms with Gasteiger partial charge in [0.1, 0.15) is 0 Å². The Balaban J connectivity index is 0.00000121. The van der Waals surface area contributed by atoms with E-state index in [1.807, 2.05) is 6.92 Å². The van der Waals surface area contributed by atoms with Gasteiger partial charge in [-0.3, -0.25) is 0 Å². The molecule has 0 saturated carbocycles. The van der Waals surface area contributed by atoms with Crippen molar-refractivity contribution in [3.8, 4) is 0 Å². The number of hydrogen-bond acceptors (Lipinski definition) is 3. The fourth-order valence-electron chi connectivity index (χ4n) is 1.39. The van der Waals surface area contributed by atoms with Crippen LogP contribution in [0.5, 0.6) is 0 Å². The van der Waals surface area contributed by atoms with E-state index in [4.69, 9.17) is 5.14 Å². The normalized spacial score (nSPS) is 29.8. The van der Waals surface area contributed by atoms with Crippen LogP contribution in [0.15, 0.2) is 0 Å². The molecule has 0 unspecified atom stereocenters. The summed E-state index contributed by atoms with van der Waals surface area (Å²) in [5, 5.41) is 8.05. The van der Waals surface area contributed by atoms with Crippen LogP contribution in [0.1, 0.15) is 6.92 Å². The maximum atomic E-state index is 10.7. The van der Waals surface area contributed by atoms with Crippen molar-refractivity contribution in [2.24, 2.45) is 17.0 Å². The van der Waals surface area contributed by atoms with Gasteiger partial charge in [0.2, 0.25) is 10.0 Å². The molecular formula is C6H15ClN2O2S. The first-order chi connectivity index (χ1) is 4.99. The highest BCUT2D eigenvalue weighted by Gasteiger charge is 2.26. The zero-order valence-electron chi connectivity index (χ0n) is 6.99. The standard InChI is InChI=1S/C6H14N2O2S.ClH/c1-5-2-8-3-6(5)4-11(7,9)10;/h5-6,8H,2-4H2,1H3,(H2,7,9,10);1H/t5-,6+;/m1./s1. The molecule has 0 radical (unpaired) electrons. The Morgan fingerprint density at radius 2 is 2.08 bits per heavy atom. The molecule has 6 heteroatoms. The van der Waals surface area contributed by atoms with Crippen LogP contribution in [0, 0.1) is 11.8 Å². The lowest BCUT2D eigenvalue weighted by Gasteiger charge is -2.11. The summed E-state index contributed by atoms with van der Waals surface area (Å²) >= 11 is 0. The molecule has 0 aromatic rings. The van der Waals surface area contributed by atoms with E-state index in [0.717, 1.165) is 13.1 Å². The minimum atomic E-state index is -3.28. The molecule has 0 aromatic carbocycles. The molecule has 74 valence electrons. The third-order valence-electron chi connectivity index (χ3n) is 2.12. The molecule has 1 heterocycles. The number of nitrogens with one attached hydrogen (secondary N) is 1. The minimum Gasteiger partial charge on any atom is -0.316 e. The third-order valence-corrected chi connectivity index (χ3v) is 3.02. The Morgan fingerprint density at radius 1 is 1.50 bits per heavy atom. The van der Waals surface area contributed by atoms with Gasteiger partial charge in [-0.1, -0.05) is 6.92 Å². The van der Waals surface area contributed by atoms with E-state index in [1.165, 1.54) is 0 Å². The lowest BCUT2D eigenvalue weighted by atomic mass is 10.0. The van der Waals surface area contributed by atoms with Crippen LogP contribution >= 0.6 is 12.4 Å². The van der Waals surface area contributed by atoms with Gasteiger partial charge >= 0.3 is 0 Å². The molecule has 1 aliphatic rings. The van der Waals surface area contributed by atoms with E-state index < -0.39 is 10.0 Å². The Kier molecular flexibility index (Phi) is 4.47. The maximum absolute atomic E-state index is 10.7. The fraction of sp³-hybridized carbons (Fsp3) is 1.00. The van der Waals surface area contributed by atoms with Gasteiger partial charge in [-0.05, 0) is 24.9 Å². The molecular weight excluding hydrogens is 200 g/mol. The summed E-state index contributed by atoms with van der Waals surface area (Å²) in [6.45, 7) is 3.72. The number of hydrogen-bond donors (Lipinski definition) is 2. The number of primary sulfonamides is 1. The predicted octanol–water partition coefficient (Wildman–Crippen LogP) is -0.448. The van der Waals surface area contributed by atoms with Crippen molar-refractivity contribution in [3.63, 3.8) is 0 Å². The molecule has 1 fully saturated rings. The van der Waals surface area contributed by atoms with Crippen LogP contribution in [0.4, 0.5) is 0 Å². The van der Waals surface area contributed by atoms with Crippen LogP contribution in [-0.4, -0.2) is 27.3 Å². The van der Waals surface area contributed by atoms with Gasteiger partial charge < -0.3 is 5.32 Å². The molecule has 0 aliphatic carbocycles. The van der Waals surface area contributed by atoms with Gasteiger partial charge in [0.05, 0.1) is 5.75 Å². The first-order valence-corrected chi connectivity index (χ1v) is 5.42. The van der Waals surface area contributed by atoms with E-state index in [9.17, 15) is 8.42 Å². The summed E-state index contributed by atoms with van der Waals surface area (Å²) in [5.74, 6) is 0.736. The molecule has 1 saturated heterocycles. The smallest absolute Gasteiger partial charge is 0.209 e. The summed E-state index contributed by atoms with van der Waals surface area (Å²) in [5.41, 5.74) is 0. The predicted molar refractivity (Wildman–Crippen MR) is 50.7 cm³/mol. The largest absolute Gasteiger partial charge is 0.316 e. The number of sulfonamides is 1. The third kappa shape index (κ3) is 3.71. The van der Waals surface area contributed by atoms with Gasteiger partial charge in [-0.15, -0.1) is 12.4 Å². The van der Waals surface area contributed by atoms with E-state index in [-0.39, 0.29) is 24.1 Å². The Labute approximate surface area is 79.4 Å². The van der Waals surface area contributed by atoms with Crippen LogP contribution in [-0.2, 0) is 10.0 Å². The molecule has 2 atom stereocenters. The quantitative estimate of drug-likeness (QED) is 0.654. The molecule has 4 nitrogen and oxygen atoms in total. The summed E-state index contributed by atoms with van der Waals surface area (Å²) in [6.07, 6.45) is 0. The SMILES string of the molecule is C[C@@H]1CNC[C@H]1CS(N)(=O)=O.Cl. The highest BCUT2D eigenvalue weighted by Crippen LogP contribution is 2.16. The second kappa shape index (κ2) is 4.41. The molecule has 1 rings (SSSR count). The van der Waals surface area contributed by atoms with E-state index in [0.29, 0.717) is 5.92 Å². The van der Waals surface area contributed by atoms with Crippen LogP contribution < -0.4 is 10.5 Å². The van der Waals surface area contributed by atoms with Gasteiger partial charge in [0.25, 0.3) is 0 Å². The average molecular weight is 215 g/mol. The number of rotatable bonds is 2. The average Bonchev–Trinajstić information content (AvgIpc) is 2.12. The van der Waals surface area contributed by atoms with Crippen LogP contribution in [0.3, 0.4) is 0 Å². The fourth-order valence-corrected chi connectivity index (χ4v) is 2.43. The van der Waals surface area contributed by atoms with Crippen molar-refractivity contribution in [3.05, 3.63) is 0 Å². The Bertz CT molecular complexity index is 230. The highest BCUT2D eigenvalue weighted by atomic mass is 35.5. The zero-order valence-corrected chi connectivity index (χ0v) is 8.62. The van der Waals surface area contributed by atoms with Crippen molar-refractivity contribution < 1.29 is 8.42 Å². The van der Waals surface area contributed by atoms with E-state index >= 15 is 0 Å².